The van der Waals surface area contributed by atoms with Gasteiger partial charge < -0.3 is 14.7 Å². The first-order valence-electron chi connectivity index (χ1n) is 8.80. The molecular weight excluding hydrogens is 362 g/mol. The summed E-state index contributed by atoms with van der Waals surface area (Å²) in [4.78, 5) is 21.9. The van der Waals surface area contributed by atoms with Crippen molar-refractivity contribution in [3.63, 3.8) is 0 Å². The van der Waals surface area contributed by atoms with Crippen LogP contribution in [0.2, 0.25) is 0 Å². The molecule has 27 heavy (non-hydrogen) atoms. The summed E-state index contributed by atoms with van der Waals surface area (Å²) in [7, 11) is 3.82. The molecule has 0 spiro atoms. The zero-order chi connectivity index (χ0) is 18.8. The maximum atomic E-state index is 12.7. The average Bonchev–Trinajstić information content (AvgIpc) is 3.39. The van der Waals surface area contributed by atoms with Crippen LogP contribution < -0.4 is 10.2 Å². The number of likely N-dealkylation sites (N-methyl/N-ethyl adjacent to an activating group) is 1. The van der Waals surface area contributed by atoms with E-state index < -0.39 is 0 Å². The van der Waals surface area contributed by atoms with Crippen LogP contribution in [0.15, 0.2) is 46.3 Å². The van der Waals surface area contributed by atoms with E-state index in [1.54, 1.807) is 11.9 Å². The number of carbonyl (C=O) groups is 1. The topological polar surface area (TPSA) is 74.5 Å². The summed E-state index contributed by atoms with van der Waals surface area (Å²) >= 11 is 1.42. The van der Waals surface area contributed by atoms with Gasteiger partial charge in [0.15, 0.2) is 5.82 Å². The number of nitrogens with zero attached hydrogens (tertiary/aromatic N) is 4. The van der Waals surface area contributed by atoms with Crippen molar-refractivity contribution < 1.29 is 9.32 Å². The third-order valence-corrected chi connectivity index (χ3v) is 5.64. The van der Waals surface area contributed by atoms with Crippen LogP contribution in [-0.2, 0) is 0 Å². The Morgan fingerprint density at radius 2 is 2.19 bits per heavy atom. The van der Waals surface area contributed by atoms with Crippen LogP contribution in [0.5, 0.6) is 0 Å². The summed E-state index contributed by atoms with van der Waals surface area (Å²) in [6.07, 6.45) is 0. The Bertz CT molecular complexity index is 924. The normalized spacial score (nSPS) is 17.8. The molecule has 1 aromatic carbocycles. The second kappa shape index (κ2) is 7.59. The summed E-state index contributed by atoms with van der Waals surface area (Å²) in [5, 5.41) is 9.45. The van der Waals surface area contributed by atoms with Crippen molar-refractivity contribution in [2.24, 2.45) is 0 Å². The van der Waals surface area contributed by atoms with Crippen molar-refractivity contribution in [1.82, 2.24) is 20.4 Å². The zero-order valence-corrected chi connectivity index (χ0v) is 16.1. The minimum absolute atomic E-state index is 0.0617. The Kier molecular flexibility index (Phi) is 5.02. The van der Waals surface area contributed by atoms with E-state index in [0.717, 1.165) is 30.9 Å². The highest BCUT2D eigenvalue weighted by molar-refractivity contribution is 7.12. The van der Waals surface area contributed by atoms with Crippen molar-refractivity contribution in [2.45, 2.75) is 6.04 Å². The van der Waals surface area contributed by atoms with Crippen LogP contribution in [0.3, 0.4) is 0 Å². The monoisotopic (exact) mass is 383 g/mol. The zero-order valence-electron chi connectivity index (χ0n) is 15.3. The van der Waals surface area contributed by atoms with Gasteiger partial charge in [0, 0.05) is 26.7 Å². The Hall–Kier alpha value is -2.55. The maximum absolute atomic E-state index is 12.7. The highest BCUT2D eigenvalue weighted by atomic mass is 32.1. The van der Waals surface area contributed by atoms with Gasteiger partial charge in [-0.05, 0) is 30.6 Å². The van der Waals surface area contributed by atoms with Gasteiger partial charge in [0.1, 0.15) is 0 Å². The lowest BCUT2D eigenvalue weighted by atomic mass is 10.1. The number of rotatable bonds is 4. The molecule has 1 amide bonds. The predicted molar refractivity (Wildman–Crippen MR) is 105 cm³/mol. The first kappa shape index (κ1) is 17.8. The molecule has 1 N–H and O–H groups in total. The molecule has 1 aliphatic heterocycles. The molecule has 1 saturated heterocycles. The van der Waals surface area contributed by atoms with Gasteiger partial charge in [0.25, 0.3) is 11.8 Å². The summed E-state index contributed by atoms with van der Waals surface area (Å²) in [5.41, 5.74) is 1.48. The Balaban J connectivity index is 1.64. The average molecular weight is 383 g/mol. The van der Waals surface area contributed by atoms with Crippen LogP contribution in [0, 0.1) is 0 Å². The minimum atomic E-state index is -0.0617. The minimum Gasteiger partial charge on any atom is -0.334 e. The van der Waals surface area contributed by atoms with Crippen LogP contribution in [0.4, 0.5) is 5.69 Å². The third kappa shape index (κ3) is 3.51. The fourth-order valence-electron chi connectivity index (χ4n) is 3.20. The number of hydrogen-bond acceptors (Lipinski definition) is 7. The molecule has 0 bridgehead atoms. The van der Waals surface area contributed by atoms with Gasteiger partial charge in [0.05, 0.1) is 22.2 Å². The SMILES string of the molecule is CN(C(=O)c1cccs1)c1ccccc1-c1nc(C2CNCCN2C)no1. The van der Waals surface area contributed by atoms with Gasteiger partial charge >= 0.3 is 0 Å². The molecule has 1 atom stereocenters. The Labute approximate surface area is 161 Å². The molecule has 0 aliphatic carbocycles. The molecule has 3 aromatic rings. The number of nitrogens with one attached hydrogen (secondary N) is 1. The van der Waals surface area contributed by atoms with Gasteiger partial charge in [-0.15, -0.1) is 11.3 Å². The van der Waals surface area contributed by atoms with Crippen LogP contribution >= 0.6 is 11.3 Å². The highest BCUT2D eigenvalue weighted by Crippen LogP contribution is 2.31. The fraction of sp³-hybridized carbons (Fsp3) is 0.316. The highest BCUT2D eigenvalue weighted by Gasteiger charge is 2.27. The van der Waals surface area contributed by atoms with E-state index in [4.69, 9.17) is 4.52 Å². The number of benzene rings is 1. The molecule has 0 radical (unpaired) electrons. The number of para-hydroxylation sites is 1. The van der Waals surface area contributed by atoms with Crippen molar-refractivity contribution in [3.05, 3.63) is 52.5 Å². The first-order chi connectivity index (χ1) is 13.1. The Morgan fingerprint density at radius 1 is 1.33 bits per heavy atom. The number of piperazine rings is 1. The molecule has 0 saturated carbocycles. The van der Waals surface area contributed by atoms with Crippen molar-refractivity contribution >= 4 is 22.9 Å². The summed E-state index contributed by atoms with van der Waals surface area (Å²) in [6.45, 7) is 2.67. The van der Waals surface area contributed by atoms with E-state index in [9.17, 15) is 4.79 Å². The van der Waals surface area contributed by atoms with E-state index in [1.807, 2.05) is 41.8 Å². The summed E-state index contributed by atoms with van der Waals surface area (Å²) < 4.78 is 5.56. The molecule has 2 aromatic heterocycles. The van der Waals surface area contributed by atoms with E-state index in [0.29, 0.717) is 16.6 Å². The van der Waals surface area contributed by atoms with Crippen LogP contribution in [0.25, 0.3) is 11.5 Å². The number of thiophene rings is 1. The fourth-order valence-corrected chi connectivity index (χ4v) is 3.89. The smallest absolute Gasteiger partial charge is 0.268 e. The molecule has 7 nitrogen and oxygen atoms in total. The second-order valence-electron chi connectivity index (χ2n) is 6.52. The number of amides is 1. The van der Waals surface area contributed by atoms with Gasteiger partial charge in [-0.3, -0.25) is 9.69 Å². The maximum Gasteiger partial charge on any atom is 0.268 e. The first-order valence-corrected chi connectivity index (χ1v) is 9.68. The lowest BCUT2D eigenvalue weighted by molar-refractivity contribution is 0.0997. The number of hydrogen-bond donors (Lipinski definition) is 1. The molecule has 1 aliphatic rings. The molecular formula is C19H21N5O2S. The quantitative estimate of drug-likeness (QED) is 0.747. The second-order valence-corrected chi connectivity index (χ2v) is 7.46. The predicted octanol–water partition coefficient (Wildman–Crippen LogP) is 2.65. The number of aromatic nitrogens is 2. The van der Waals surface area contributed by atoms with E-state index in [2.05, 4.69) is 27.4 Å². The standard InChI is InChI=1S/C19H21N5O2S/c1-23-10-9-20-12-15(23)17-21-18(26-22-17)13-6-3-4-7-14(13)24(2)19(25)16-8-5-11-27-16/h3-8,11,15,20H,9-10,12H2,1-2H3. The molecule has 1 unspecified atom stereocenters. The molecule has 1 fully saturated rings. The van der Waals surface area contributed by atoms with Crippen molar-refractivity contribution in [2.75, 3.05) is 38.6 Å². The molecule has 4 rings (SSSR count). The third-order valence-electron chi connectivity index (χ3n) is 4.78. The Morgan fingerprint density at radius 3 is 2.96 bits per heavy atom. The molecule has 3 heterocycles. The largest absolute Gasteiger partial charge is 0.334 e. The van der Waals surface area contributed by atoms with E-state index >= 15 is 0 Å². The van der Waals surface area contributed by atoms with Crippen LogP contribution in [0.1, 0.15) is 21.5 Å². The van der Waals surface area contributed by atoms with Gasteiger partial charge in [-0.25, -0.2) is 0 Å². The van der Waals surface area contributed by atoms with Crippen LogP contribution in [-0.4, -0.2) is 54.7 Å². The molecule has 8 heteroatoms. The van der Waals surface area contributed by atoms with E-state index in [1.165, 1.54) is 11.3 Å². The summed E-state index contributed by atoms with van der Waals surface area (Å²) in [6, 6.07) is 11.4. The lowest BCUT2D eigenvalue weighted by Crippen LogP contribution is -2.44. The number of anilines is 1. The lowest BCUT2D eigenvalue weighted by Gasteiger charge is -2.30. The van der Waals surface area contributed by atoms with Gasteiger partial charge in [0.2, 0.25) is 0 Å². The van der Waals surface area contributed by atoms with Gasteiger partial charge in [-0.1, -0.05) is 23.4 Å². The van der Waals surface area contributed by atoms with Crippen molar-refractivity contribution in [3.8, 4) is 11.5 Å². The van der Waals surface area contributed by atoms with Crippen molar-refractivity contribution in [1.29, 1.82) is 0 Å². The van der Waals surface area contributed by atoms with E-state index in [-0.39, 0.29) is 11.9 Å². The number of carbonyl (C=O) groups excluding carboxylic acids is 1. The molecule has 140 valence electrons. The van der Waals surface area contributed by atoms with Gasteiger partial charge in [-0.2, -0.15) is 4.98 Å². The summed E-state index contributed by atoms with van der Waals surface area (Å²) in [5.74, 6) is 1.01.